The summed E-state index contributed by atoms with van der Waals surface area (Å²) in [6, 6.07) is 3.42. The highest BCUT2D eigenvalue weighted by molar-refractivity contribution is 5.47. The number of benzene rings is 1. The first-order valence-corrected chi connectivity index (χ1v) is 3.66. The van der Waals surface area contributed by atoms with Crippen LogP contribution in [0.25, 0.3) is 0 Å². The van der Waals surface area contributed by atoms with E-state index in [0.29, 0.717) is 0 Å². The van der Waals surface area contributed by atoms with Crippen LogP contribution in [0.5, 0.6) is 11.5 Å². The topological polar surface area (TPSA) is 40.5 Å². The molecule has 0 amide bonds. The zero-order valence-corrected chi connectivity index (χ0v) is 6.76. The maximum Gasteiger partial charge on any atom is 0.160 e. The van der Waals surface area contributed by atoms with E-state index in [1.54, 1.807) is 6.07 Å². The van der Waals surface area contributed by atoms with Crippen molar-refractivity contribution in [1.29, 1.82) is 0 Å². The summed E-state index contributed by atoms with van der Waals surface area (Å²) in [6.07, 6.45) is 0.737. The fourth-order valence-corrected chi connectivity index (χ4v) is 1.10. The lowest BCUT2D eigenvalue weighted by atomic mass is 10.1. The summed E-state index contributed by atoms with van der Waals surface area (Å²) >= 11 is 0. The van der Waals surface area contributed by atoms with Gasteiger partial charge >= 0.3 is 0 Å². The van der Waals surface area contributed by atoms with Crippen molar-refractivity contribution in [2.45, 2.75) is 20.3 Å². The van der Waals surface area contributed by atoms with Crippen molar-refractivity contribution in [3.05, 3.63) is 23.3 Å². The van der Waals surface area contributed by atoms with Gasteiger partial charge in [0.2, 0.25) is 0 Å². The maximum atomic E-state index is 9.27. The van der Waals surface area contributed by atoms with Crippen LogP contribution in [0.2, 0.25) is 0 Å². The van der Waals surface area contributed by atoms with Gasteiger partial charge in [0.05, 0.1) is 0 Å². The summed E-state index contributed by atoms with van der Waals surface area (Å²) in [5, 5.41) is 18.4. The minimum atomic E-state index is -0.0261. The minimum Gasteiger partial charge on any atom is -0.504 e. The Morgan fingerprint density at radius 3 is 2.45 bits per heavy atom. The van der Waals surface area contributed by atoms with Gasteiger partial charge in [-0.25, -0.2) is 0 Å². The first-order chi connectivity index (χ1) is 5.15. The molecule has 0 radical (unpaired) electrons. The van der Waals surface area contributed by atoms with E-state index in [1.807, 2.05) is 19.9 Å². The Balaban J connectivity index is 3.24. The number of hydrogen-bond donors (Lipinski definition) is 2. The van der Waals surface area contributed by atoms with Gasteiger partial charge in [-0.1, -0.05) is 13.0 Å². The molecule has 0 fully saturated rings. The summed E-state index contributed by atoms with van der Waals surface area (Å²) in [4.78, 5) is 0. The predicted molar refractivity (Wildman–Crippen MR) is 43.9 cm³/mol. The van der Waals surface area contributed by atoms with E-state index in [-0.39, 0.29) is 11.5 Å². The summed E-state index contributed by atoms with van der Waals surface area (Å²) in [7, 11) is 0. The predicted octanol–water partition coefficient (Wildman–Crippen LogP) is 1.97. The molecule has 1 aromatic rings. The SMILES string of the molecule is CCc1cc(C)cc(O)c1O. The van der Waals surface area contributed by atoms with E-state index in [0.717, 1.165) is 17.5 Å². The first-order valence-electron chi connectivity index (χ1n) is 3.66. The van der Waals surface area contributed by atoms with Crippen LogP contribution in [0, 0.1) is 6.92 Å². The number of aryl methyl sites for hydroxylation is 2. The van der Waals surface area contributed by atoms with E-state index < -0.39 is 0 Å². The van der Waals surface area contributed by atoms with E-state index in [9.17, 15) is 5.11 Å². The van der Waals surface area contributed by atoms with Crippen LogP contribution < -0.4 is 0 Å². The Morgan fingerprint density at radius 2 is 1.91 bits per heavy atom. The smallest absolute Gasteiger partial charge is 0.160 e. The quantitative estimate of drug-likeness (QED) is 0.604. The van der Waals surface area contributed by atoms with Crippen LogP contribution in [-0.4, -0.2) is 10.2 Å². The van der Waals surface area contributed by atoms with Crippen molar-refractivity contribution in [2.75, 3.05) is 0 Å². The van der Waals surface area contributed by atoms with Gasteiger partial charge < -0.3 is 10.2 Å². The third-order valence-corrected chi connectivity index (χ3v) is 1.69. The molecule has 11 heavy (non-hydrogen) atoms. The van der Waals surface area contributed by atoms with Crippen molar-refractivity contribution >= 4 is 0 Å². The van der Waals surface area contributed by atoms with Gasteiger partial charge in [0, 0.05) is 0 Å². The van der Waals surface area contributed by atoms with Gasteiger partial charge in [-0.15, -0.1) is 0 Å². The minimum absolute atomic E-state index is 0.0121. The van der Waals surface area contributed by atoms with Crippen molar-refractivity contribution in [3.63, 3.8) is 0 Å². The summed E-state index contributed by atoms with van der Waals surface area (Å²) in [5.41, 5.74) is 1.76. The van der Waals surface area contributed by atoms with Gasteiger partial charge in [0.1, 0.15) is 0 Å². The van der Waals surface area contributed by atoms with Crippen LogP contribution in [0.1, 0.15) is 18.1 Å². The Kier molecular flexibility index (Phi) is 2.03. The Labute approximate surface area is 66.1 Å². The fraction of sp³-hybridized carbons (Fsp3) is 0.333. The fourth-order valence-electron chi connectivity index (χ4n) is 1.10. The second-order valence-corrected chi connectivity index (χ2v) is 2.65. The molecule has 60 valence electrons. The molecular weight excluding hydrogens is 140 g/mol. The van der Waals surface area contributed by atoms with Crippen LogP contribution in [0.3, 0.4) is 0 Å². The van der Waals surface area contributed by atoms with Gasteiger partial charge in [-0.05, 0) is 30.5 Å². The number of aromatic hydroxyl groups is 2. The highest BCUT2D eigenvalue weighted by Gasteiger charge is 2.04. The Hall–Kier alpha value is -1.18. The van der Waals surface area contributed by atoms with Gasteiger partial charge in [-0.2, -0.15) is 0 Å². The molecule has 0 atom stereocenters. The summed E-state index contributed by atoms with van der Waals surface area (Å²) in [6.45, 7) is 3.83. The standard InChI is InChI=1S/C9H12O2/c1-3-7-4-6(2)5-8(10)9(7)11/h4-5,10-11H,3H2,1-2H3. The zero-order chi connectivity index (χ0) is 8.43. The Bertz CT molecular complexity index is 267. The van der Waals surface area contributed by atoms with E-state index in [1.165, 1.54) is 0 Å². The average molecular weight is 152 g/mol. The molecule has 0 aliphatic rings. The second-order valence-electron chi connectivity index (χ2n) is 2.65. The third kappa shape index (κ3) is 1.45. The normalized spacial score (nSPS) is 10.0. The molecule has 0 unspecified atom stereocenters. The van der Waals surface area contributed by atoms with Gasteiger partial charge in [0.15, 0.2) is 11.5 Å². The molecule has 1 rings (SSSR count). The molecule has 0 aliphatic carbocycles. The molecule has 2 N–H and O–H groups in total. The lowest BCUT2D eigenvalue weighted by molar-refractivity contribution is 0.399. The van der Waals surface area contributed by atoms with E-state index in [4.69, 9.17) is 5.11 Å². The largest absolute Gasteiger partial charge is 0.504 e. The van der Waals surface area contributed by atoms with E-state index in [2.05, 4.69) is 0 Å². The monoisotopic (exact) mass is 152 g/mol. The molecule has 0 spiro atoms. The van der Waals surface area contributed by atoms with Gasteiger partial charge in [0.25, 0.3) is 0 Å². The molecule has 0 saturated carbocycles. The molecule has 2 heteroatoms. The number of rotatable bonds is 1. The number of phenols is 2. The highest BCUT2D eigenvalue weighted by Crippen LogP contribution is 2.30. The first kappa shape index (κ1) is 7.92. The van der Waals surface area contributed by atoms with Gasteiger partial charge in [-0.3, -0.25) is 0 Å². The molecule has 0 saturated heterocycles. The average Bonchev–Trinajstić information content (AvgIpc) is 1.96. The lowest BCUT2D eigenvalue weighted by Crippen LogP contribution is -1.83. The highest BCUT2D eigenvalue weighted by atomic mass is 16.3. The Morgan fingerprint density at radius 1 is 1.27 bits per heavy atom. The van der Waals surface area contributed by atoms with Crippen molar-refractivity contribution in [1.82, 2.24) is 0 Å². The third-order valence-electron chi connectivity index (χ3n) is 1.69. The van der Waals surface area contributed by atoms with Crippen LogP contribution in [0.4, 0.5) is 0 Å². The molecule has 0 heterocycles. The molecule has 0 aromatic heterocycles. The van der Waals surface area contributed by atoms with Crippen LogP contribution in [0.15, 0.2) is 12.1 Å². The molecule has 2 nitrogen and oxygen atoms in total. The van der Waals surface area contributed by atoms with Crippen LogP contribution >= 0.6 is 0 Å². The summed E-state index contributed by atoms with van der Waals surface area (Å²) in [5.74, 6) is -0.0139. The summed E-state index contributed by atoms with van der Waals surface area (Å²) < 4.78 is 0. The zero-order valence-electron chi connectivity index (χ0n) is 6.76. The number of hydrogen-bond acceptors (Lipinski definition) is 2. The van der Waals surface area contributed by atoms with Crippen molar-refractivity contribution < 1.29 is 10.2 Å². The van der Waals surface area contributed by atoms with Crippen molar-refractivity contribution in [3.8, 4) is 11.5 Å². The second kappa shape index (κ2) is 2.82. The molecule has 1 aromatic carbocycles. The maximum absolute atomic E-state index is 9.27. The number of phenolic OH excluding ortho intramolecular Hbond substituents is 2. The van der Waals surface area contributed by atoms with E-state index >= 15 is 0 Å². The van der Waals surface area contributed by atoms with Crippen molar-refractivity contribution in [2.24, 2.45) is 0 Å². The molecule has 0 aliphatic heterocycles. The lowest BCUT2D eigenvalue weighted by Gasteiger charge is -2.04. The molecular formula is C9H12O2. The van der Waals surface area contributed by atoms with Crippen LogP contribution in [-0.2, 0) is 6.42 Å². The molecule has 0 bridgehead atoms.